The Labute approximate surface area is 100 Å². The summed E-state index contributed by atoms with van der Waals surface area (Å²) < 4.78 is 38.9. The van der Waals surface area contributed by atoms with Gasteiger partial charge >= 0.3 is 0 Å². The first kappa shape index (κ1) is 12.5. The number of halogens is 1. The van der Waals surface area contributed by atoms with Crippen LogP contribution in [0.3, 0.4) is 0 Å². The van der Waals surface area contributed by atoms with Crippen LogP contribution in [0.25, 0.3) is 0 Å². The molecule has 0 heterocycles. The molecular weight excluding hydrogens is 243 g/mol. The Kier molecular flexibility index (Phi) is 3.20. The van der Waals surface area contributed by atoms with E-state index in [1.54, 1.807) is 7.05 Å². The van der Waals surface area contributed by atoms with E-state index in [0.29, 0.717) is 0 Å². The van der Waals surface area contributed by atoms with Crippen LogP contribution in [-0.4, -0.2) is 25.8 Å². The monoisotopic (exact) mass is 258 g/mol. The predicted octanol–water partition coefficient (Wildman–Crippen LogP) is 1.07. The Morgan fingerprint density at radius 1 is 1.47 bits per heavy atom. The lowest BCUT2D eigenvalue weighted by atomic mass is 10.2. The lowest BCUT2D eigenvalue weighted by molar-refractivity contribution is 0.464. The molecular formula is C11H15FN2O2S. The van der Waals surface area contributed by atoms with Crippen molar-refractivity contribution in [3.63, 3.8) is 0 Å². The van der Waals surface area contributed by atoms with Crippen LogP contribution in [0.4, 0.5) is 4.39 Å². The minimum Gasteiger partial charge on any atom is -0.326 e. The standard InChI is InChI=1S/C11H15FN2O2S/c1-14(9-2-3-9)17(15,16)10-4-5-11(12)8(6-10)7-13/h4-6,9H,2-3,7,13H2,1H3. The van der Waals surface area contributed by atoms with Gasteiger partial charge in [0.15, 0.2) is 0 Å². The number of hydrogen-bond donors (Lipinski definition) is 1. The van der Waals surface area contributed by atoms with Crippen molar-refractivity contribution < 1.29 is 12.8 Å². The van der Waals surface area contributed by atoms with Crippen molar-refractivity contribution in [1.82, 2.24) is 4.31 Å². The number of rotatable bonds is 4. The third-order valence-electron chi connectivity index (χ3n) is 2.98. The second-order valence-corrected chi connectivity index (χ2v) is 6.21. The molecule has 0 spiro atoms. The molecule has 4 nitrogen and oxygen atoms in total. The first-order valence-corrected chi connectivity index (χ1v) is 6.87. The zero-order valence-electron chi connectivity index (χ0n) is 9.56. The largest absolute Gasteiger partial charge is 0.326 e. The number of benzene rings is 1. The summed E-state index contributed by atoms with van der Waals surface area (Å²) in [5.41, 5.74) is 5.58. The Hall–Kier alpha value is -0.980. The van der Waals surface area contributed by atoms with Gasteiger partial charge in [-0.25, -0.2) is 12.8 Å². The molecule has 0 aromatic heterocycles. The molecule has 1 fully saturated rings. The highest BCUT2D eigenvalue weighted by Gasteiger charge is 2.35. The van der Waals surface area contributed by atoms with Gasteiger partial charge in [0, 0.05) is 25.2 Å². The molecule has 0 aliphatic heterocycles. The van der Waals surface area contributed by atoms with Gasteiger partial charge in [0.2, 0.25) is 10.0 Å². The van der Waals surface area contributed by atoms with Gasteiger partial charge in [-0.05, 0) is 31.0 Å². The van der Waals surface area contributed by atoms with E-state index in [1.165, 1.54) is 16.4 Å². The fourth-order valence-corrected chi connectivity index (χ4v) is 3.14. The lowest BCUT2D eigenvalue weighted by Crippen LogP contribution is -2.29. The van der Waals surface area contributed by atoms with Crippen molar-refractivity contribution in [2.24, 2.45) is 5.73 Å². The maximum Gasteiger partial charge on any atom is 0.243 e. The molecule has 94 valence electrons. The quantitative estimate of drug-likeness (QED) is 0.878. The fourth-order valence-electron chi connectivity index (χ4n) is 1.67. The highest BCUT2D eigenvalue weighted by atomic mass is 32.2. The van der Waals surface area contributed by atoms with Crippen LogP contribution in [0, 0.1) is 5.82 Å². The zero-order chi connectivity index (χ0) is 12.6. The Morgan fingerprint density at radius 3 is 2.65 bits per heavy atom. The summed E-state index contributed by atoms with van der Waals surface area (Å²) in [7, 11) is -1.96. The van der Waals surface area contributed by atoms with Gasteiger partial charge in [0.1, 0.15) is 5.82 Å². The van der Waals surface area contributed by atoms with Crippen molar-refractivity contribution in [2.75, 3.05) is 7.05 Å². The van der Waals surface area contributed by atoms with E-state index in [0.717, 1.165) is 18.9 Å². The molecule has 1 aliphatic carbocycles. The molecule has 0 unspecified atom stereocenters. The highest BCUT2D eigenvalue weighted by Crippen LogP contribution is 2.30. The van der Waals surface area contributed by atoms with E-state index in [-0.39, 0.29) is 23.0 Å². The Balaban J connectivity index is 2.38. The first-order valence-electron chi connectivity index (χ1n) is 5.43. The molecule has 0 radical (unpaired) electrons. The van der Waals surface area contributed by atoms with Gasteiger partial charge in [-0.15, -0.1) is 0 Å². The molecule has 2 rings (SSSR count). The number of nitrogens with two attached hydrogens (primary N) is 1. The molecule has 0 amide bonds. The summed E-state index contributed by atoms with van der Waals surface area (Å²) in [5.74, 6) is -0.472. The fraction of sp³-hybridized carbons (Fsp3) is 0.455. The summed E-state index contributed by atoms with van der Waals surface area (Å²) >= 11 is 0. The van der Waals surface area contributed by atoms with Gasteiger partial charge in [0.05, 0.1) is 4.90 Å². The normalized spacial score (nSPS) is 16.5. The molecule has 0 bridgehead atoms. The summed E-state index contributed by atoms with van der Waals surface area (Å²) in [4.78, 5) is 0.105. The molecule has 0 saturated heterocycles. The van der Waals surface area contributed by atoms with Crippen molar-refractivity contribution in [3.05, 3.63) is 29.6 Å². The molecule has 1 aromatic rings. The molecule has 17 heavy (non-hydrogen) atoms. The van der Waals surface area contributed by atoms with E-state index >= 15 is 0 Å². The number of nitrogens with zero attached hydrogens (tertiary/aromatic N) is 1. The summed E-state index contributed by atoms with van der Waals surface area (Å²) in [6.45, 7) is -0.0116. The average Bonchev–Trinajstić information content (AvgIpc) is 3.12. The average molecular weight is 258 g/mol. The van der Waals surface area contributed by atoms with Gasteiger partial charge in [0.25, 0.3) is 0 Å². The van der Waals surface area contributed by atoms with Gasteiger partial charge < -0.3 is 5.73 Å². The van der Waals surface area contributed by atoms with E-state index in [2.05, 4.69) is 0 Å². The number of hydrogen-bond acceptors (Lipinski definition) is 3. The Bertz CT molecular complexity index is 526. The van der Waals surface area contributed by atoms with E-state index < -0.39 is 15.8 Å². The van der Waals surface area contributed by atoms with Crippen LogP contribution in [-0.2, 0) is 16.6 Å². The SMILES string of the molecule is CN(C1CC1)S(=O)(=O)c1ccc(F)c(CN)c1. The molecule has 1 aromatic carbocycles. The van der Waals surface area contributed by atoms with Crippen LogP contribution < -0.4 is 5.73 Å². The van der Waals surface area contributed by atoms with E-state index in [4.69, 9.17) is 5.73 Å². The first-order chi connectivity index (χ1) is 7.96. The highest BCUT2D eigenvalue weighted by molar-refractivity contribution is 7.89. The van der Waals surface area contributed by atoms with Crippen LogP contribution in [0.2, 0.25) is 0 Å². The van der Waals surface area contributed by atoms with Crippen LogP contribution in [0.15, 0.2) is 23.1 Å². The third kappa shape index (κ3) is 2.34. The minimum absolute atomic E-state index is 0.0116. The summed E-state index contributed by atoms with van der Waals surface area (Å²) in [5, 5.41) is 0. The van der Waals surface area contributed by atoms with Gasteiger partial charge in [-0.1, -0.05) is 0 Å². The van der Waals surface area contributed by atoms with E-state index in [9.17, 15) is 12.8 Å². The van der Waals surface area contributed by atoms with Crippen molar-refractivity contribution in [3.8, 4) is 0 Å². The second kappa shape index (κ2) is 4.36. The van der Waals surface area contributed by atoms with Crippen molar-refractivity contribution >= 4 is 10.0 Å². The maximum absolute atomic E-state index is 13.2. The molecule has 6 heteroatoms. The van der Waals surface area contributed by atoms with Crippen LogP contribution in [0.1, 0.15) is 18.4 Å². The van der Waals surface area contributed by atoms with Crippen molar-refractivity contribution in [1.29, 1.82) is 0 Å². The molecule has 1 aliphatic rings. The smallest absolute Gasteiger partial charge is 0.243 e. The van der Waals surface area contributed by atoms with Crippen LogP contribution in [0.5, 0.6) is 0 Å². The second-order valence-electron chi connectivity index (χ2n) is 4.21. The summed E-state index contributed by atoms with van der Waals surface area (Å²) in [6, 6.07) is 3.83. The van der Waals surface area contributed by atoms with Gasteiger partial charge in [-0.2, -0.15) is 4.31 Å². The minimum atomic E-state index is -3.51. The predicted molar refractivity (Wildman–Crippen MR) is 62.3 cm³/mol. The molecule has 1 saturated carbocycles. The van der Waals surface area contributed by atoms with Gasteiger partial charge in [-0.3, -0.25) is 0 Å². The van der Waals surface area contributed by atoms with Crippen LogP contribution >= 0.6 is 0 Å². The van der Waals surface area contributed by atoms with E-state index in [1.807, 2.05) is 0 Å². The molecule has 2 N–H and O–H groups in total. The zero-order valence-corrected chi connectivity index (χ0v) is 10.4. The molecule has 0 atom stereocenters. The summed E-state index contributed by atoms with van der Waals surface area (Å²) in [6.07, 6.45) is 1.78. The Morgan fingerprint density at radius 2 is 2.12 bits per heavy atom. The topological polar surface area (TPSA) is 63.4 Å². The third-order valence-corrected chi connectivity index (χ3v) is 4.88. The maximum atomic E-state index is 13.2. The lowest BCUT2D eigenvalue weighted by Gasteiger charge is -2.16. The van der Waals surface area contributed by atoms with Crippen molar-refractivity contribution in [2.45, 2.75) is 30.3 Å². The number of sulfonamides is 1.